The van der Waals surface area contributed by atoms with Gasteiger partial charge in [0.1, 0.15) is 6.61 Å². The van der Waals surface area contributed by atoms with Gasteiger partial charge in [-0.15, -0.1) is 0 Å². The molecular weight excluding hydrogens is 456 g/mol. The molecule has 0 unspecified atom stereocenters. The number of halogens is 1. The zero-order chi connectivity index (χ0) is 24.1. The van der Waals surface area contributed by atoms with E-state index < -0.39 is 23.4 Å². The summed E-state index contributed by atoms with van der Waals surface area (Å²) in [5.74, 6) is -1.30. The van der Waals surface area contributed by atoms with Crippen LogP contribution in [0.1, 0.15) is 40.7 Å². The van der Waals surface area contributed by atoms with Crippen molar-refractivity contribution < 1.29 is 24.2 Å². The normalized spacial score (nSPS) is 13.9. The number of ether oxygens (including phenoxy) is 1. The Bertz CT molecular complexity index is 1220. The van der Waals surface area contributed by atoms with Gasteiger partial charge in [0.2, 0.25) is 0 Å². The summed E-state index contributed by atoms with van der Waals surface area (Å²) in [6.45, 7) is 0.106. The maximum absolute atomic E-state index is 12.9. The molecule has 1 aliphatic carbocycles. The summed E-state index contributed by atoms with van der Waals surface area (Å²) in [7, 11) is 0. The maximum Gasteiger partial charge on any atom is 0.411 e. The number of carboxylic acid groups (broad SMARTS) is 1. The fraction of sp³-hybridized carbons (Fsp3) is 0.192. The lowest BCUT2D eigenvalue weighted by Gasteiger charge is -2.38. The van der Waals surface area contributed by atoms with Crippen molar-refractivity contribution in [3.8, 4) is 0 Å². The summed E-state index contributed by atoms with van der Waals surface area (Å²) in [6, 6.07) is 20.6. The van der Waals surface area contributed by atoms with Gasteiger partial charge < -0.3 is 15.2 Å². The molecule has 174 valence electrons. The van der Waals surface area contributed by atoms with E-state index >= 15 is 0 Å². The Hall–Kier alpha value is -3.84. The molecule has 1 saturated carbocycles. The molecule has 2 amide bonds. The van der Waals surface area contributed by atoms with Crippen LogP contribution in [0.15, 0.2) is 72.8 Å². The van der Waals surface area contributed by atoms with Gasteiger partial charge >= 0.3 is 12.1 Å². The SMILES string of the molecule is O=C(Nc1cc(Cl)cc(C(=O)Nc2cccc(C3(C(=O)O)CCC3)c2)c1)OCc1ccccc1. The number of aliphatic carboxylic acids is 1. The van der Waals surface area contributed by atoms with Gasteiger partial charge in [0.25, 0.3) is 5.91 Å². The predicted octanol–water partition coefficient (Wildman–Crippen LogP) is 5.85. The third kappa shape index (κ3) is 5.21. The third-order valence-electron chi connectivity index (χ3n) is 5.91. The van der Waals surface area contributed by atoms with Gasteiger partial charge in [-0.1, -0.05) is 60.5 Å². The molecule has 3 aromatic rings. The number of carboxylic acids is 1. The predicted molar refractivity (Wildman–Crippen MR) is 129 cm³/mol. The summed E-state index contributed by atoms with van der Waals surface area (Å²) in [6.07, 6.45) is 1.33. The van der Waals surface area contributed by atoms with Crippen molar-refractivity contribution in [1.82, 2.24) is 0 Å². The molecule has 0 aliphatic heterocycles. The van der Waals surface area contributed by atoms with Crippen LogP contribution in [0.4, 0.5) is 16.2 Å². The number of nitrogens with one attached hydrogen (secondary N) is 2. The first-order chi connectivity index (χ1) is 16.4. The van der Waals surface area contributed by atoms with Crippen LogP contribution in [0.25, 0.3) is 0 Å². The minimum Gasteiger partial charge on any atom is -0.481 e. The molecule has 1 aliphatic rings. The second-order valence-corrected chi connectivity index (χ2v) is 8.63. The van der Waals surface area contributed by atoms with E-state index in [1.165, 1.54) is 18.2 Å². The molecule has 0 radical (unpaired) electrons. The lowest BCUT2D eigenvalue weighted by molar-refractivity contribution is -0.147. The van der Waals surface area contributed by atoms with Crippen molar-refractivity contribution in [2.75, 3.05) is 10.6 Å². The number of hydrogen-bond acceptors (Lipinski definition) is 4. The molecule has 3 N–H and O–H groups in total. The number of anilines is 2. The van der Waals surface area contributed by atoms with E-state index in [2.05, 4.69) is 10.6 Å². The quantitative estimate of drug-likeness (QED) is 0.395. The van der Waals surface area contributed by atoms with Gasteiger partial charge in [0, 0.05) is 22.0 Å². The second-order valence-electron chi connectivity index (χ2n) is 8.19. The Morgan fingerprint density at radius 3 is 2.35 bits per heavy atom. The lowest BCUT2D eigenvalue weighted by atomic mass is 9.64. The largest absolute Gasteiger partial charge is 0.481 e. The maximum atomic E-state index is 12.9. The Balaban J connectivity index is 1.43. The highest BCUT2D eigenvalue weighted by Gasteiger charge is 2.45. The summed E-state index contributed by atoms with van der Waals surface area (Å²) in [5.41, 5.74) is 1.63. The van der Waals surface area contributed by atoms with Crippen LogP contribution >= 0.6 is 11.6 Å². The zero-order valence-corrected chi connectivity index (χ0v) is 19.0. The van der Waals surface area contributed by atoms with Gasteiger partial charge in [-0.2, -0.15) is 0 Å². The smallest absolute Gasteiger partial charge is 0.411 e. The first-order valence-corrected chi connectivity index (χ1v) is 11.2. The van der Waals surface area contributed by atoms with E-state index in [4.69, 9.17) is 16.3 Å². The van der Waals surface area contributed by atoms with Crippen LogP contribution in [-0.2, 0) is 21.6 Å². The molecular formula is C26H23ClN2O5. The molecule has 0 saturated heterocycles. The van der Waals surface area contributed by atoms with Crippen molar-refractivity contribution in [3.05, 3.63) is 94.5 Å². The molecule has 0 atom stereocenters. The number of carbonyl (C=O) groups is 3. The van der Waals surface area contributed by atoms with Gasteiger partial charge in [0.05, 0.1) is 5.41 Å². The van der Waals surface area contributed by atoms with Crippen molar-refractivity contribution in [2.45, 2.75) is 31.3 Å². The first kappa shape index (κ1) is 23.3. The number of benzene rings is 3. The van der Waals surface area contributed by atoms with Crippen molar-refractivity contribution in [3.63, 3.8) is 0 Å². The Labute approximate surface area is 201 Å². The lowest BCUT2D eigenvalue weighted by Crippen LogP contribution is -2.42. The summed E-state index contributed by atoms with van der Waals surface area (Å²) >= 11 is 6.16. The fourth-order valence-electron chi connectivity index (χ4n) is 3.92. The molecule has 34 heavy (non-hydrogen) atoms. The van der Waals surface area contributed by atoms with E-state index in [0.717, 1.165) is 12.0 Å². The third-order valence-corrected chi connectivity index (χ3v) is 6.13. The molecule has 3 aromatic carbocycles. The van der Waals surface area contributed by atoms with Crippen molar-refractivity contribution >= 4 is 40.9 Å². The topological polar surface area (TPSA) is 105 Å². The Morgan fingerprint density at radius 2 is 1.68 bits per heavy atom. The molecule has 0 heterocycles. The van der Waals surface area contributed by atoms with Gasteiger partial charge in [-0.05, 0) is 54.3 Å². The van der Waals surface area contributed by atoms with Crippen LogP contribution < -0.4 is 10.6 Å². The van der Waals surface area contributed by atoms with E-state index in [1.54, 1.807) is 24.3 Å². The van der Waals surface area contributed by atoms with Crippen LogP contribution in [0.2, 0.25) is 5.02 Å². The minimum absolute atomic E-state index is 0.106. The van der Waals surface area contributed by atoms with Crippen molar-refractivity contribution in [2.24, 2.45) is 0 Å². The summed E-state index contributed by atoms with van der Waals surface area (Å²) in [5, 5.41) is 15.3. The average Bonchev–Trinajstić information content (AvgIpc) is 2.77. The van der Waals surface area contributed by atoms with Crippen LogP contribution in [-0.4, -0.2) is 23.1 Å². The number of carbonyl (C=O) groups excluding carboxylic acids is 2. The highest BCUT2D eigenvalue weighted by atomic mass is 35.5. The minimum atomic E-state index is -0.895. The second kappa shape index (κ2) is 9.97. The molecule has 4 rings (SSSR count). The number of hydrogen-bond donors (Lipinski definition) is 3. The van der Waals surface area contributed by atoms with Crippen LogP contribution in [0.3, 0.4) is 0 Å². The molecule has 1 fully saturated rings. The molecule has 0 spiro atoms. The van der Waals surface area contributed by atoms with Crippen LogP contribution in [0, 0.1) is 0 Å². The number of rotatable bonds is 7. The van der Waals surface area contributed by atoms with E-state index in [-0.39, 0.29) is 17.2 Å². The highest BCUT2D eigenvalue weighted by Crippen LogP contribution is 2.44. The van der Waals surface area contributed by atoms with Gasteiger partial charge in [0.15, 0.2) is 0 Å². The number of amides is 2. The Morgan fingerprint density at radius 1 is 0.912 bits per heavy atom. The van der Waals surface area contributed by atoms with Gasteiger partial charge in [-0.3, -0.25) is 14.9 Å². The van der Waals surface area contributed by atoms with E-state index in [0.29, 0.717) is 29.8 Å². The van der Waals surface area contributed by atoms with Gasteiger partial charge in [-0.25, -0.2) is 4.79 Å². The van der Waals surface area contributed by atoms with Crippen LogP contribution in [0.5, 0.6) is 0 Å². The Kier molecular flexibility index (Phi) is 6.84. The molecule has 0 aromatic heterocycles. The molecule has 8 heteroatoms. The molecule has 7 nitrogen and oxygen atoms in total. The monoisotopic (exact) mass is 478 g/mol. The molecule has 0 bridgehead atoms. The average molecular weight is 479 g/mol. The first-order valence-electron chi connectivity index (χ1n) is 10.8. The zero-order valence-electron chi connectivity index (χ0n) is 18.2. The highest BCUT2D eigenvalue weighted by molar-refractivity contribution is 6.31. The fourth-order valence-corrected chi connectivity index (χ4v) is 4.16. The van der Waals surface area contributed by atoms with Crippen molar-refractivity contribution in [1.29, 1.82) is 0 Å². The standard InChI is InChI=1S/C26H23ClN2O5/c27-20-12-18(13-22(15-20)29-25(33)34-16-17-6-2-1-3-7-17)23(30)28-21-9-4-8-19(14-21)26(24(31)32)10-5-11-26/h1-4,6-9,12-15H,5,10-11,16H2,(H,28,30)(H,29,33)(H,31,32). The van der Waals surface area contributed by atoms with E-state index in [1.807, 2.05) is 30.3 Å². The summed E-state index contributed by atoms with van der Waals surface area (Å²) in [4.78, 5) is 36.8. The van der Waals surface area contributed by atoms with E-state index in [9.17, 15) is 19.5 Å². The summed E-state index contributed by atoms with van der Waals surface area (Å²) < 4.78 is 5.21.